The maximum atomic E-state index is 12.8. The van der Waals surface area contributed by atoms with Crippen LogP contribution in [0.15, 0.2) is 48.5 Å². The number of ether oxygens (including phenoxy) is 1. The van der Waals surface area contributed by atoms with E-state index in [4.69, 9.17) is 4.74 Å². The number of carboxylic acids is 1. The van der Waals surface area contributed by atoms with Crippen LogP contribution < -0.4 is 5.32 Å². The van der Waals surface area contributed by atoms with Crippen LogP contribution in [0, 0.1) is 5.92 Å². The van der Waals surface area contributed by atoms with Crippen molar-refractivity contribution in [2.75, 3.05) is 18.9 Å². The van der Waals surface area contributed by atoms with E-state index in [1.54, 1.807) is 0 Å². The Hall–Kier alpha value is -3.00. The van der Waals surface area contributed by atoms with Crippen molar-refractivity contribution in [1.29, 1.82) is 0 Å². The van der Waals surface area contributed by atoms with E-state index in [0.29, 0.717) is 25.1 Å². The Balaban J connectivity index is 1.21. The maximum Gasteiger partial charge on any atom is 0.407 e. The normalized spacial score (nSPS) is 18.9. The minimum absolute atomic E-state index is 0.0141. The van der Waals surface area contributed by atoms with Crippen LogP contribution in [-0.4, -0.2) is 58.3 Å². The minimum atomic E-state index is -0.953. The highest BCUT2D eigenvalue weighted by Gasteiger charge is 2.42. The first-order valence-corrected chi connectivity index (χ1v) is 13.2. The molecule has 0 bridgehead atoms. The molecule has 7 nitrogen and oxygen atoms in total. The number of carbonyl (C=O) groups is 3. The smallest absolute Gasteiger partial charge is 0.407 e. The number of carboxylic acid groups (broad SMARTS) is 1. The van der Waals surface area contributed by atoms with Crippen LogP contribution >= 0.6 is 11.8 Å². The first-order chi connectivity index (χ1) is 16.9. The molecule has 2 atom stereocenters. The van der Waals surface area contributed by atoms with Gasteiger partial charge in [-0.05, 0) is 41.0 Å². The summed E-state index contributed by atoms with van der Waals surface area (Å²) >= 11 is 1.53. The van der Waals surface area contributed by atoms with Gasteiger partial charge in [0.25, 0.3) is 0 Å². The molecule has 2 N–H and O–H groups in total. The molecule has 2 unspecified atom stereocenters. The average molecular weight is 497 g/mol. The molecule has 0 saturated carbocycles. The van der Waals surface area contributed by atoms with Crippen molar-refractivity contribution in [2.45, 2.75) is 50.4 Å². The Labute approximate surface area is 210 Å². The lowest BCUT2D eigenvalue weighted by Gasteiger charge is -2.29. The molecular formula is C27H32N2O5S. The number of aliphatic carboxylic acids is 1. The van der Waals surface area contributed by atoms with E-state index >= 15 is 0 Å². The third-order valence-corrected chi connectivity index (χ3v) is 8.23. The number of hydrogen-bond acceptors (Lipinski definition) is 5. The fourth-order valence-corrected chi connectivity index (χ4v) is 6.41. The number of carbonyl (C=O) groups excluding carboxylic acids is 2. The van der Waals surface area contributed by atoms with E-state index in [1.807, 2.05) is 38.1 Å². The van der Waals surface area contributed by atoms with Crippen molar-refractivity contribution in [1.82, 2.24) is 10.2 Å². The topological polar surface area (TPSA) is 95.9 Å². The number of unbranched alkanes of at least 4 members (excludes halogenated alkanes) is 1. The molecule has 4 rings (SSSR count). The third-order valence-electron chi connectivity index (χ3n) is 6.61. The van der Waals surface area contributed by atoms with Gasteiger partial charge in [0, 0.05) is 24.6 Å². The van der Waals surface area contributed by atoms with E-state index in [1.165, 1.54) is 38.9 Å². The van der Waals surface area contributed by atoms with Crippen molar-refractivity contribution in [2.24, 2.45) is 5.92 Å². The molecular weight excluding hydrogens is 464 g/mol. The van der Waals surface area contributed by atoms with Gasteiger partial charge in [0.1, 0.15) is 12.6 Å². The maximum absolute atomic E-state index is 12.8. The SMILES string of the molecule is CC(C)C1SCC(C(=O)O)N1C(=O)CCCCNC(=O)OCC1c2ccccc2-c2ccccc21. The number of amides is 2. The van der Waals surface area contributed by atoms with Gasteiger partial charge in [0.15, 0.2) is 0 Å². The van der Waals surface area contributed by atoms with Crippen molar-refractivity contribution in [3.05, 3.63) is 59.7 Å². The van der Waals surface area contributed by atoms with Crippen molar-refractivity contribution >= 4 is 29.7 Å². The lowest BCUT2D eigenvalue weighted by atomic mass is 9.98. The predicted octanol–water partition coefficient (Wildman–Crippen LogP) is 4.71. The van der Waals surface area contributed by atoms with Gasteiger partial charge >= 0.3 is 12.1 Å². The number of hydrogen-bond donors (Lipinski definition) is 2. The van der Waals surface area contributed by atoms with Gasteiger partial charge in [0.05, 0.1) is 5.37 Å². The summed E-state index contributed by atoms with van der Waals surface area (Å²) in [6, 6.07) is 15.6. The number of alkyl carbamates (subject to hydrolysis) is 1. The molecule has 8 heteroatoms. The third kappa shape index (κ3) is 5.48. The van der Waals surface area contributed by atoms with Crippen molar-refractivity contribution < 1.29 is 24.2 Å². The lowest BCUT2D eigenvalue weighted by Crippen LogP contribution is -2.47. The molecule has 0 spiro atoms. The summed E-state index contributed by atoms with van der Waals surface area (Å²) in [6.07, 6.45) is 0.974. The van der Waals surface area contributed by atoms with E-state index in [9.17, 15) is 19.5 Å². The van der Waals surface area contributed by atoms with Gasteiger partial charge in [-0.25, -0.2) is 9.59 Å². The van der Waals surface area contributed by atoms with E-state index < -0.39 is 18.1 Å². The molecule has 1 aliphatic carbocycles. The number of benzene rings is 2. The zero-order valence-electron chi connectivity index (χ0n) is 20.1. The van der Waals surface area contributed by atoms with Gasteiger partial charge in [-0.1, -0.05) is 62.4 Å². The highest BCUT2D eigenvalue weighted by Crippen LogP contribution is 2.44. The summed E-state index contributed by atoms with van der Waals surface area (Å²) in [5.74, 6) is -0.468. The number of nitrogens with zero attached hydrogens (tertiary/aromatic N) is 1. The molecule has 2 aromatic rings. The Bertz CT molecular complexity index is 1040. The van der Waals surface area contributed by atoms with Gasteiger partial charge in [-0.3, -0.25) is 4.79 Å². The fraction of sp³-hybridized carbons (Fsp3) is 0.444. The van der Waals surface area contributed by atoms with Crippen LogP contribution in [0.25, 0.3) is 11.1 Å². The van der Waals surface area contributed by atoms with E-state index in [0.717, 1.165) is 0 Å². The molecule has 0 aromatic heterocycles. The summed E-state index contributed by atoms with van der Waals surface area (Å²) in [7, 11) is 0. The second-order valence-electron chi connectivity index (χ2n) is 9.33. The highest BCUT2D eigenvalue weighted by atomic mass is 32.2. The fourth-order valence-electron chi connectivity index (χ4n) is 4.92. The summed E-state index contributed by atoms with van der Waals surface area (Å²) in [4.78, 5) is 38.1. The van der Waals surface area contributed by atoms with Gasteiger partial charge < -0.3 is 20.1 Å². The van der Waals surface area contributed by atoms with Gasteiger partial charge in [0.2, 0.25) is 5.91 Å². The Morgan fingerprint density at radius 1 is 1.06 bits per heavy atom. The molecule has 1 heterocycles. The van der Waals surface area contributed by atoms with Gasteiger partial charge in [-0.15, -0.1) is 11.8 Å². The van der Waals surface area contributed by atoms with E-state index in [-0.39, 0.29) is 36.1 Å². The summed E-state index contributed by atoms with van der Waals surface area (Å²) in [6.45, 7) is 4.66. The number of thioether (sulfide) groups is 1. The molecule has 0 radical (unpaired) electrons. The Morgan fingerprint density at radius 2 is 1.69 bits per heavy atom. The van der Waals surface area contributed by atoms with Crippen LogP contribution in [0.2, 0.25) is 0 Å². The van der Waals surface area contributed by atoms with Crippen molar-refractivity contribution in [3.63, 3.8) is 0 Å². The largest absolute Gasteiger partial charge is 0.480 e. The van der Waals surface area contributed by atoms with Crippen LogP contribution in [0.3, 0.4) is 0 Å². The molecule has 1 aliphatic heterocycles. The zero-order chi connectivity index (χ0) is 24.9. The monoisotopic (exact) mass is 496 g/mol. The average Bonchev–Trinajstić information content (AvgIpc) is 3.43. The minimum Gasteiger partial charge on any atom is -0.480 e. The van der Waals surface area contributed by atoms with E-state index in [2.05, 4.69) is 29.6 Å². The van der Waals surface area contributed by atoms with Crippen LogP contribution in [0.1, 0.15) is 50.2 Å². The zero-order valence-corrected chi connectivity index (χ0v) is 20.9. The highest BCUT2D eigenvalue weighted by molar-refractivity contribution is 8.00. The summed E-state index contributed by atoms with van der Waals surface area (Å²) < 4.78 is 5.54. The second kappa shape index (κ2) is 11.2. The molecule has 35 heavy (non-hydrogen) atoms. The standard InChI is InChI=1S/C27H32N2O5S/c1-17(2)25-29(23(16-35-25)26(31)32)24(30)13-7-8-14-28-27(33)34-15-22-20-11-5-3-9-18(20)19-10-4-6-12-21(19)22/h3-6,9-12,17,22-23,25H,7-8,13-16H2,1-2H3,(H,28,33)(H,31,32). The van der Waals surface area contributed by atoms with Crippen molar-refractivity contribution in [3.8, 4) is 11.1 Å². The molecule has 186 valence electrons. The molecule has 1 saturated heterocycles. The lowest BCUT2D eigenvalue weighted by molar-refractivity contribution is -0.149. The first-order valence-electron chi connectivity index (χ1n) is 12.1. The summed E-state index contributed by atoms with van der Waals surface area (Å²) in [5.41, 5.74) is 4.70. The number of nitrogens with one attached hydrogen (secondary N) is 1. The van der Waals surface area contributed by atoms with Crippen LogP contribution in [-0.2, 0) is 14.3 Å². The van der Waals surface area contributed by atoms with Gasteiger partial charge in [-0.2, -0.15) is 0 Å². The Kier molecular flexibility index (Phi) is 8.00. The van der Waals surface area contributed by atoms with Crippen LogP contribution in [0.4, 0.5) is 4.79 Å². The second-order valence-corrected chi connectivity index (χ2v) is 10.5. The quantitative estimate of drug-likeness (QED) is 0.489. The molecule has 2 aromatic carbocycles. The molecule has 2 amide bonds. The Morgan fingerprint density at radius 3 is 2.29 bits per heavy atom. The number of rotatable bonds is 9. The number of fused-ring (bicyclic) bond motifs is 3. The predicted molar refractivity (Wildman–Crippen MR) is 136 cm³/mol. The molecule has 1 fully saturated rings. The van der Waals surface area contributed by atoms with Crippen LogP contribution in [0.5, 0.6) is 0 Å². The molecule has 2 aliphatic rings. The summed E-state index contributed by atoms with van der Waals surface area (Å²) in [5, 5.41) is 12.1. The first kappa shape index (κ1) is 25.1.